The number of unbranched alkanes of at least 4 members (excludes halogenated alkanes) is 1. The van der Waals surface area contributed by atoms with Crippen LogP contribution in [0.3, 0.4) is 0 Å². The predicted molar refractivity (Wildman–Crippen MR) is 105 cm³/mol. The van der Waals surface area contributed by atoms with Gasteiger partial charge in [-0.25, -0.2) is 4.79 Å². The van der Waals surface area contributed by atoms with Crippen LogP contribution in [0.1, 0.15) is 62.2 Å². The maximum absolute atomic E-state index is 13.1. The zero-order valence-electron chi connectivity index (χ0n) is 16.8. The summed E-state index contributed by atoms with van der Waals surface area (Å²) in [7, 11) is 0. The number of ether oxygens (including phenoxy) is 2. The highest BCUT2D eigenvalue weighted by atomic mass is 32.2. The summed E-state index contributed by atoms with van der Waals surface area (Å²) < 4.78 is 16.7. The minimum Gasteiger partial charge on any atom is -0.691 e. The SMILES string of the molecule is CCCCOCC1(OC(=O)c2ccc(SOO[O-])cc2)C2CC3CC(C2)CC1C3. The molecular formula is C22H29O6S-. The van der Waals surface area contributed by atoms with Crippen LogP contribution in [-0.2, 0) is 18.8 Å². The van der Waals surface area contributed by atoms with Crippen molar-refractivity contribution in [3.05, 3.63) is 29.8 Å². The van der Waals surface area contributed by atoms with Crippen molar-refractivity contribution in [3.63, 3.8) is 0 Å². The Morgan fingerprint density at radius 1 is 1.10 bits per heavy atom. The summed E-state index contributed by atoms with van der Waals surface area (Å²) in [6.45, 7) is 3.38. The van der Waals surface area contributed by atoms with Gasteiger partial charge in [0.2, 0.25) is 0 Å². The van der Waals surface area contributed by atoms with Crippen LogP contribution in [0.5, 0.6) is 0 Å². The molecule has 160 valence electrons. The third-order valence-electron chi connectivity index (χ3n) is 7.02. The Kier molecular flexibility index (Phi) is 6.81. The summed E-state index contributed by atoms with van der Waals surface area (Å²) in [5, 5.41) is 13.3. The molecule has 5 rings (SSSR count). The second-order valence-electron chi connectivity index (χ2n) is 8.80. The molecule has 1 aromatic rings. The molecule has 4 saturated carbocycles. The van der Waals surface area contributed by atoms with E-state index in [-0.39, 0.29) is 5.97 Å². The van der Waals surface area contributed by atoms with E-state index >= 15 is 0 Å². The number of rotatable bonds is 10. The van der Waals surface area contributed by atoms with E-state index < -0.39 is 5.60 Å². The van der Waals surface area contributed by atoms with E-state index in [0.29, 0.717) is 28.9 Å². The molecule has 29 heavy (non-hydrogen) atoms. The molecular weight excluding hydrogens is 392 g/mol. The monoisotopic (exact) mass is 421 g/mol. The molecule has 0 aromatic heterocycles. The van der Waals surface area contributed by atoms with Crippen LogP contribution in [0.15, 0.2) is 29.2 Å². The normalized spacial score (nSPS) is 32.5. The zero-order chi connectivity index (χ0) is 20.3. The molecule has 0 unspecified atom stereocenters. The summed E-state index contributed by atoms with van der Waals surface area (Å²) in [4.78, 5) is 13.7. The highest BCUT2D eigenvalue weighted by molar-refractivity contribution is 7.94. The smallest absolute Gasteiger partial charge is 0.338 e. The second kappa shape index (κ2) is 9.35. The summed E-state index contributed by atoms with van der Waals surface area (Å²) in [6.07, 6.45) is 8.08. The van der Waals surface area contributed by atoms with Gasteiger partial charge in [0, 0.05) is 23.3 Å². The number of carbonyl (C=O) groups is 1. The maximum atomic E-state index is 13.1. The largest absolute Gasteiger partial charge is 0.691 e. The van der Waals surface area contributed by atoms with E-state index in [2.05, 4.69) is 16.3 Å². The standard InChI is InChI=1S/C22H30O6S/c1-2-3-8-25-14-22(18-10-15-9-16(12-18)13-19(22)11-15)26-21(23)17-4-6-20(7-5-17)29-28-27-24/h4-7,15-16,18-19,24H,2-3,8-14H2,1H3/p-1. The van der Waals surface area contributed by atoms with Crippen LogP contribution >= 0.6 is 12.0 Å². The lowest BCUT2D eigenvalue weighted by Crippen LogP contribution is -2.62. The number of hydrogen-bond acceptors (Lipinski definition) is 7. The van der Waals surface area contributed by atoms with Crippen LogP contribution in [0.4, 0.5) is 0 Å². The van der Waals surface area contributed by atoms with Crippen molar-refractivity contribution in [2.45, 2.75) is 62.4 Å². The molecule has 6 nitrogen and oxygen atoms in total. The lowest BCUT2D eigenvalue weighted by molar-refractivity contribution is -0.777. The Morgan fingerprint density at radius 3 is 2.34 bits per heavy atom. The Balaban J connectivity index is 1.49. The van der Waals surface area contributed by atoms with Gasteiger partial charge in [-0.1, -0.05) is 13.3 Å². The van der Waals surface area contributed by atoms with E-state index in [4.69, 9.17) is 9.47 Å². The Labute approximate surface area is 176 Å². The van der Waals surface area contributed by atoms with Crippen molar-refractivity contribution in [2.75, 3.05) is 13.2 Å². The first-order valence-corrected chi connectivity index (χ1v) is 11.4. The van der Waals surface area contributed by atoms with Crippen LogP contribution in [0.25, 0.3) is 0 Å². The first kappa shape index (κ1) is 21.1. The van der Waals surface area contributed by atoms with Crippen LogP contribution in [0, 0.1) is 23.7 Å². The Morgan fingerprint density at radius 2 is 1.76 bits per heavy atom. The third-order valence-corrected chi connectivity index (χ3v) is 7.61. The molecule has 0 radical (unpaired) electrons. The van der Waals surface area contributed by atoms with Gasteiger partial charge < -0.3 is 14.7 Å². The van der Waals surface area contributed by atoms with Crippen molar-refractivity contribution < 1.29 is 28.9 Å². The second-order valence-corrected chi connectivity index (χ2v) is 9.57. The highest BCUT2D eigenvalue weighted by Gasteiger charge is 2.59. The van der Waals surface area contributed by atoms with Gasteiger partial charge in [0.25, 0.3) is 0 Å². The van der Waals surface area contributed by atoms with Gasteiger partial charge in [0.1, 0.15) is 5.60 Å². The van der Waals surface area contributed by atoms with Gasteiger partial charge in [0.15, 0.2) is 0 Å². The van der Waals surface area contributed by atoms with Crippen molar-refractivity contribution in [1.82, 2.24) is 0 Å². The molecule has 0 saturated heterocycles. The number of benzene rings is 1. The molecule has 4 aliphatic carbocycles. The van der Waals surface area contributed by atoms with Crippen LogP contribution < -0.4 is 5.26 Å². The number of carbonyl (C=O) groups excluding carboxylic acids is 1. The molecule has 0 heterocycles. The number of esters is 1. The van der Waals surface area contributed by atoms with E-state index in [9.17, 15) is 10.1 Å². The summed E-state index contributed by atoms with van der Waals surface area (Å²) >= 11 is 0.803. The van der Waals surface area contributed by atoms with Gasteiger partial charge in [-0.05, 0) is 74.6 Å². The van der Waals surface area contributed by atoms with Crippen molar-refractivity contribution >= 4 is 18.0 Å². The van der Waals surface area contributed by atoms with Crippen molar-refractivity contribution in [1.29, 1.82) is 0 Å². The molecule has 1 aromatic carbocycles. The lowest BCUT2D eigenvalue weighted by Gasteiger charge is -2.59. The maximum Gasteiger partial charge on any atom is 0.338 e. The Bertz CT molecular complexity index is 663. The molecule has 0 N–H and O–H groups in total. The first-order valence-electron chi connectivity index (χ1n) is 10.7. The first-order chi connectivity index (χ1) is 14.1. The van der Waals surface area contributed by atoms with Gasteiger partial charge in [-0.3, -0.25) is 5.04 Å². The summed E-state index contributed by atoms with van der Waals surface area (Å²) in [6, 6.07) is 6.81. The van der Waals surface area contributed by atoms with Gasteiger partial charge in [-0.15, -0.1) is 0 Å². The van der Waals surface area contributed by atoms with E-state index in [0.717, 1.165) is 69.0 Å². The van der Waals surface area contributed by atoms with E-state index in [1.54, 1.807) is 24.3 Å². The molecule has 7 heteroatoms. The number of hydrogen-bond donors (Lipinski definition) is 0. The van der Waals surface area contributed by atoms with E-state index in [1.165, 1.54) is 6.42 Å². The molecule has 0 amide bonds. The fraction of sp³-hybridized carbons (Fsp3) is 0.682. The topological polar surface area (TPSA) is 77.1 Å². The van der Waals surface area contributed by atoms with Crippen LogP contribution in [0.2, 0.25) is 0 Å². The average molecular weight is 422 g/mol. The highest BCUT2D eigenvalue weighted by Crippen LogP contribution is 2.59. The molecule has 4 fully saturated rings. The summed E-state index contributed by atoms with van der Waals surface area (Å²) in [5.41, 5.74) is 0.00433. The fourth-order valence-electron chi connectivity index (χ4n) is 5.82. The molecule has 0 spiro atoms. The minimum absolute atomic E-state index is 0.297. The zero-order valence-corrected chi connectivity index (χ0v) is 17.7. The average Bonchev–Trinajstić information content (AvgIpc) is 2.73. The molecule has 0 aliphatic heterocycles. The quantitative estimate of drug-likeness (QED) is 0.185. The van der Waals surface area contributed by atoms with Crippen LogP contribution in [-0.4, -0.2) is 24.8 Å². The van der Waals surface area contributed by atoms with Gasteiger partial charge in [-0.2, -0.15) is 4.33 Å². The van der Waals surface area contributed by atoms with Crippen molar-refractivity contribution in [2.24, 2.45) is 23.7 Å². The fourth-order valence-corrected chi connectivity index (χ4v) is 6.18. The van der Waals surface area contributed by atoms with Crippen molar-refractivity contribution in [3.8, 4) is 0 Å². The minimum atomic E-state index is -0.495. The lowest BCUT2D eigenvalue weighted by atomic mass is 9.50. The molecule has 0 atom stereocenters. The van der Waals surface area contributed by atoms with Gasteiger partial charge >= 0.3 is 5.97 Å². The predicted octanol–water partition coefficient (Wildman–Crippen LogP) is 4.09. The third kappa shape index (κ3) is 4.49. The van der Waals surface area contributed by atoms with Gasteiger partial charge in [0.05, 0.1) is 24.2 Å². The summed E-state index contributed by atoms with van der Waals surface area (Å²) in [5.74, 6) is 2.09. The Hall–Kier alpha value is -1.12. The molecule has 4 aliphatic rings. The molecule has 4 bridgehead atoms. The van der Waals surface area contributed by atoms with E-state index in [1.807, 2.05) is 0 Å².